The summed E-state index contributed by atoms with van der Waals surface area (Å²) in [4.78, 5) is 10.8. The number of aromatic nitrogens is 2. The lowest BCUT2D eigenvalue weighted by Gasteiger charge is -2.25. The molecule has 2 aliphatic heterocycles. The van der Waals surface area contributed by atoms with Gasteiger partial charge >= 0.3 is 0 Å². The minimum atomic E-state index is -0.641. The molecule has 0 aliphatic carbocycles. The summed E-state index contributed by atoms with van der Waals surface area (Å²) in [7, 11) is 0. The Morgan fingerprint density at radius 3 is 2.96 bits per heavy atom. The maximum absolute atomic E-state index is 13.8. The van der Waals surface area contributed by atoms with Crippen molar-refractivity contribution in [1.82, 2.24) is 14.9 Å². The van der Waals surface area contributed by atoms with E-state index in [0.717, 1.165) is 37.5 Å². The van der Waals surface area contributed by atoms with E-state index in [0.29, 0.717) is 42.9 Å². The zero-order valence-corrected chi connectivity index (χ0v) is 14.6. The predicted octanol–water partition coefficient (Wildman–Crippen LogP) is 3.15. The van der Waals surface area contributed by atoms with Gasteiger partial charge in [0.05, 0.1) is 17.6 Å². The highest BCUT2D eigenvalue weighted by atomic mass is 19.1. The first-order valence-electron chi connectivity index (χ1n) is 8.90. The zero-order valence-electron chi connectivity index (χ0n) is 14.6. The third-order valence-corrected chi connectivity index (χ3v) is 5.09. The van der Waals surface area contributed by atoms with Crippen LogP contribution in [-0.2, 0) is 6.42 Å². The largest absolute Gasteiger partial charge is 0.484 e. The average molecular weight is 361 g/mol. The standard InChI is InChI=1S/C19H21F2N3O2/c1-12(16-2-3-18-19(23-16)26-7-6-25-18)24-5-4-13(11-24)8-17-15(21)9-14(20)10-22-17/h2-3,9-10,12-13H,4-8,11H2,1H3/t12?,13-/m1/s1. The molecular formula is C19H21F2N3O2. The van der Waals surface area contributed by atoms with Gasteiger partial charge in [-0.25, -0.2) is 13.8 Å². The summed E-state index contributed by atoms with van der Waals surface area (Å²) in [5.74, 6) is 0.322. The van der Waals surface area contributed by atoms with E-state index in [9.17, 15) is 8.78 Å². The van der Waals surface area contributed by atoms with Crippen molar-refractivity contribution in [2.24, 2.45) is 5.92 Å². The van der Waals surface area contributed by atoms with Crippen LogP contribution in [0.2, 0.25) is 0 Å². The van der Waals surface area contributed by atoms with Crippen molar-refractivity contribution in [1.29, 1.82) is 0 Å². The van der Waals surface area contributed by atoms with Gasteiger partial charge in [0.25, 0.3) is 5.88 Å². The van der Waals surface area contributed by atoms with Gasteiger partial charge in [-0.2, -0.15) is 0 Å². The summed E-state index contributed by atoms with van der Waals surface area (Å²) in [6.07, 6.45) is 2.55. The fourth-order valence-electron chi connectivity index (χ4n) is 3.61. The molecule has 1 fully saturated rings. The lowest BCUT2D eigenvalue weighted by atomic mass is 10.0. The van der Waals surface area contributed by atoms with E-state index in [1.807, 2.05) is 12.1 Å². The highest BCUT2D eigenvalue weighted by Crippen LogP contribution is 2.33. The lowest BCUT2D eigenvalue weighted by molar-refractivity contribution is 0.162. The molecule has 2 atom stereocenters. The molecule has 5 nitrogen and oxygen atoms in total. The summed E-state index contributed by atoms with van der Waals surface area (Å²) in [5, 5.41) is 0. The van der Waals surface area contributed by atoms with E-state index < -0.39 is 11.6 Å². The Morgan fingerprint density at radius 2 is 2.12 bits per heavy atom. The van der Waals surface area contributed by atoms with Crippen LogP contribution >= 0.6 is 0 Å². The number of hydrogen-bond acceptors (Lipinski definition) is 5. The van der Waals surface area contributed by atoms with Crippen molar-refractivity contribution in [2.45, 2.75) is 25.8 Å². The second-order valence-corrected chi connectivity index (χ2v) is 6.85. The first-order chi connectivity index (χ1) is 12.6. The van der Waals surface area contributed by atoms with E-state index in [4.69, 9.17) is 9.47 Å². The number of rotatable bonds is 4. The Balaban J connectivity index is 1.41. The van der Waals surface area contributed by atoms with Gasteiger partial charge in [-0.1, -0.05) is 0 Å². The smallest absolute Gasteiger partial charge is 0.257 e. The van der Waals surface area contributed by atoms with Gasteiger partial charge in [-0.15, -0.1) is 0 Å². The maximum atomic E-state index is 13.8. The number of hydrogen-bond donors (Lipinski definition) is 0. The number of ether oxygens (including phenoxy) is 2. The molecule has 1 unspecified atom stereocenters. The molecule has 26 heavy (non-hydrogen) atoms. The second kappa shape index (κ2) is 7.15. The number of halogens is 2. The Bertz CT molecular complexity index is 802. The minimum absolute atomic E-state index is 0.127. The first-order valence-corrected chi connectivity index (χ1v) is 8.90. The van der Waals surface area contributed by atoms with Crippen LogP contribution in [-0.4, -0.2) is 41.2 Å². The number of nitrogens with zero attached hydrogens (tertiary/aromatic N) is 3. The molecule has 2 aromatic rings. The van der Waals surface area contributed by atoms with Gasteiger partial charge < -0.3 is 9.47 Å². The fourth-order valence-corrected chi connectivity index (χ4v) is 3.61. The normalized spacial score (nSPS) is 21.0. The molecule has 1 saturated heterocycles. The molecule has 138 valence electrons. The number of fused-ring (bicyclic) bond motifs is 1. The highest BCUT2D eigenvalue weighted by Gasteiger charge is 2.29. The number of likely N-dealkylation sites (tertiary alicyclic amines) is 1. The molecule has 0 N–H and O–H groups in total. The topological polar surface area (TPSA) is 47.5 Å². The molecule has 4 heterocycles. The van der Waals surface area contributed by atoms with Crippen molar-refractivity contribution >= 4 is 0 Å². The van der Waals surface area contributed by atoms with Crippen LogP contribution in [0.15, 0.2) is 24.4 Å². The Morgan fingerprint density at radius 1 is 1.27 bits per heavy atom. The van der Waals surface area contributed by atoms with E-state index in [1.165, 1.54) is 0 Å². The monoisotopic (exact) mass is 361 g/mol. The van der Waals surface area contributed by atoms with Crippen molar-refractivity contribution in [3.63, 3.8) is 0 Å². The van der Waals surface area contributed by atoms with Gasteiger partial charge in [-0.3, -0.25) is 9.88 Å². The van der Waals surface area contributed by atoms with Crippen LogP contribution < -0.4 is 9.47 Å². The molecule has 0 aromatic carbocycles. The van der Waals surface area contributed by atoms with Gasteiger partial charge in [-0.05, 0) is 44.4 Å². The van der Waals surface area contributed by atoms with Gasteiger partial charge in [0.1, 0.15) is 24.8 Å². The second-order valence-electron chi connectivity index (χ2n) is 6.85. The summed E-state index contributed by atoms with van der Waals surface area (Å²) in [5.41, 5.74) is 1.27. The Hall–Kier alpha value is -2.28. The quantitative estimate of drug-likeness (QED) is 0.837. The van der Waals surface area contributed by atoms with Crippen molar-refractivity contribution in [3.8, 4) is 11.6 Å². The molecule has 0 saturated carbocycles. The number of pyridine rings is 2. The Labute approximate surface area is 151 Å². The maximum Gasteiger partial charge on any atom is 0.257 e. The average Bonchev–Trinajstić information content (AvgIpc) is 3.11. The van der Waals surface area contributed by atoms with Crippen LogP contribution in [0.25, 0.3) is 0 Å². The highest BCUT2D eigenvalue weighted by molar-refractivity contribution is 5.36. The lowest BCUT2D eigenvalue weighted by Crippen LogP contribution is -2.26. The van der Waals surface area contributed by atoms with E-state index in [1.54, 1.807) is 0 Å². The summed E-state index contributed by atoms with van der Waals surface area (Å²) in [6, 6.07) is 4.89. The summed E-state index contributed by atoms with van der Waals surface area (Å²) in [6.45, 7) is 4.91. The molecule has 0 bridgehead atoms. The third-order valence-electron chi connectivity index (χ3n) is 5.09. The van der Waals surface area contributed by atoms with Crippen LogP contribution in [0.5, 0.6) is 11.6 Å². The third kappa shape index (κ3) is 3.49. The van der Waals surface area contributed by atoms with Crippen LogP contribution in [0, 0.1) is 17.6 Å². The van der Waals surface area contributed by atoms with Crippen molar-refractivity contribution in [2.75, 3.05) is 26.3 Å². The molecule has 2 aromatic heterocycles. The van der Waals surface area contributed by atoms with Gasteiger partial charge in [0.2, 0.25) is 0 Å². The summed E-state index contributed by atoms with van der Waals surface area (Å²) < 4.78 is 37.9. The van der Waals surface area contributed by atoms with Crippen LogP contribution in [0.3, 0.4) is 0 Å². The molecule has 0 spiro atoms. The van der Waals surface area contributed by atoms with Gasteiger partial charge in [0, 0.05) is 18.7 Å². The van der Waals surface area contributed by atoms with Crippen molar-refractivity contribution < 1.29 is 18.3 Å². The predicted molar refractivity (Wildman–Crippen MR) is 91.2 cm³/mol. The molecule has 0 amide bonds. The van der Waals surface area contributed by atoms with E-state index in [-0.39, 0.29) is 6.04 Å². The molecule has 7 heteroatoms. The Kier molecular flexibility index (Phi) is 4.72. The molecule has 0 radical (unpaired) electrons. The van der Waals surface area contributed by atoms with Crippen LogP contribution in [0.4, 0.5) is 8.78 Å². The van der Waals surface area contributed by atoms with Crippen molar-refractivity contribution in [3.05, 3.63) is 47.4 Å². The first kappa shape index (κ1) is 17.1. The fraction of sp³-hybridized carbons (Fsp3) is 0.474. The molecule has 2 aliphatic rings. The van der Waals surface area contributed by atoms with Crippen LogP contribution in [0.1, 0.15) is 30.8 Å². The van der Waals surface area contributed by atoms with E-state index in [2.05, 4.69) is 21.8 Å². The molecule has 4 rings (SSSR count). The zero-order chi connectivity index (χ0) is 18.1. The van der Waals surface area contributed by atoms with E-state index >= 15 is 0 Å². The molecular weight excluding hydrogens is 340 g/mol. The minimum Gasteiger partial charge on any atom is -0.484 e. The summed E-state index contributed by atoms with van der Waals surface area (Å²) >= 11 is 0. The SMILES string of the molecule is CC(c1ccc2c(n1)OCCO2)N1CC[C@H](Cc2ncc(F)cc2F)C1. The van der Waals surface area contributed by atoms with Gasteiger partial charge in [0.15, 0.2) is 5.75 Å².